The van der Waals surface area contributed by atoms with Crippen molar-refractivity contribution in [3.63, 3.8) is 0 Å². The quantitative estimate of drug-likeness (QED) is 0.866. The number of unbranched alkanes of at least 4 members (excludes halogenated alkanes) is 1. The van der Waals surface area contributed by atoms with E-state index < -0.39 is 0 Å². The molecule has 0 aliphatic carbocycles. The summed E-state index contributed by atoms with van der Waals surface area (Å²) < 4.78 is 0. The second-order valence-corrected chi connectivity index (χ2v) is 5.47. The number of benzene rings is 1. The highest BCUT2D eigenvalue weighted by Gasteiger charge is 2.21. The Kier molecular flexibility index (Phi) is 3.88. The van der Waals surface area contributed by atoms with Crippen LogP contribution in [0.15, 0.2) is 29.2 Å². The monoisotopic (exact) mass is 235 g/mol. The molecule has 2 rings (SSSR count). The highest BCUT2D eigenvalue weighted by Crippen LogP contribution is 2.36. The Bertz CT molecular complexity index is 378. The topological polar surface area (TPSA) is 29.1 Å². The number of amides is 1. The van der Waals surface area contributed by atoms with Crippen molar-refractivity contribution >= 4 is 23.4 Å². The van der Waals surface area contributed by atoms with E-state index >= 15 is 0 Å². The van der Waals surface area contributed by atoms with E-state index in [4.69, 9.17) is 0 Å². The largest absolute Gasteiger partial charge is 0.325 e. The fourth-order valence-corrected chi connectivity index (χ4v) is 3.18. The second kappa shape index (κ2) is 5.39. The van der Waals surface area contributed by atoms with Gasteiger partial charge in [0.1, 0.15) is 0 Å². The highest BCUT2D eigenvalue weighted by atomic mass is 32.2. The molecule has 1 aliphatic rings. The van der Waals surface area contributed by atoms with Gasteiger partial charge >= 0.3 is 0 Å². The molecule has 3 heteroatoms. The average Bonchev–Trinajstić information content (AvgIpc) is 2.43. The van der Waals surface area contributed by atoms with Crippen molar-refractivity contribution in [3.8, 4) is 0 Å². The van der Waals surface area contributed by atoms with Crippen LogP contribution < -0.4 is 5.32 Å². The molecule has 1 amide bonds. The highest BCUT2D eigenvalue weighted by molar-refractivity contribution is 8.00. The summed E-state index contributed by atoms with van der Waals surface area (Å²) in [5, 5.41) is 3.40. The number of thioether (sulfide) groups is 1. The Labute approximate surface area is 101 Å². The zero-order valence-corrected chi connectivity index (χ0v) is 10.3. The molecule has 1 unspecified atom stereocenters. The van der Waals surface area contributed by atoms with Crippen LogP contribution in [0.3, 0.4) is 0 Å². The molecule has 16 heavy (non-hydrogen) atoms. The Balaban J connectivity index is 2.14. The van der Waals surface area contributed by atoms with Crippen LogP contribution in [0.25, 0.3) is 0 Å². The third-order valence-corrected chi connectivity index (χ3v) is 4.09. The summed E-state index contributed by atoms with van der Waals surface area (Å²) >= 11 is 1.84. The van der Waals surface area contributed by atoms with Gasteiger partial charge in [0.25, 0.3) is 0 Å². The lowest BCUT2D eigenvalue weighted by Crippen LogP contribution is -2.15. The van der Waals surface area contributed by atoms with Gasteiger partial charge in [-0.1, -0.05) is 31.9 Å². The summed E-state index contributed by atoms with van der Waals surface area (Å²) in [6, 6.07) is 8.05. The third-order valence-electron chi connectivity index (χ3n) is 2.75. The van der Waals surface area contributed by atoms with Crippen molar-refractivity contribution in [2.45, 2.75) is 42.8 Å². The minimum Gasteiger partial charge on any atom is -0.325 e. The first-order valence-electron chi connectivity index (χ1n) is 5.85. The van der Waals surface area contributed by atoms with E-state index in [-0.39, 0.29) is 5.91 Å². The Hall–Kier alpha value is -0.960. The van der Waals surface area contributed by atoms with Crippen LogP contribution >= 0.6 is 11.8 Å². The number of rotatable bonds is 3. The van der Waals surface area contributed by atoms with Crippen molar-refractivity contribution in [1.29, 1.82) is 0 Å². The molecule has 1 heterocycles. The molecule has 1 atom stereocenters. The predicted octanol–water partition coefficient (Wildman–Crippen LogP) is 3.68. The van der Waals surface area contributed by atoms with Gasteiger partial charge in [-0.2, -0.15) is 0 Å². The van der Waals surface area contributed by atoms with Gasteiger partial charge in [-0.3, -0.25) is 4.79 Å². The van der Waals surface area contributed by atoms with Gasteiger partial charge in [-0.05, 0) is 18.6 Å². The minimum absolute atomic E-state index is 0.151. The average molecular weight is 235 g/mol. The number of anilines is 1. The molecular weight excluding hydrogens is 218 g/mol. The number of hydrogen-bond acceptors (Lipinski definition) is 2. The van der Waals surface area contributed by atoms with Gasteiger partial charge in [-0.25, -0.2) is 0 Å². The van der Waals surface area contributed by atoms with Crippen molar-refractivity contribution < 1.29 is 4.79 Å². The fourth-order valence-electron chi connectivity index (χ4n) is 1.89. The standard InChI is InChI=1S/C13H17NOS/c1-2-3-6-10-9-13(15)14-11-7-4-5-8-12(11)16-10/h4-5,7-8,10H,2-3,6,9H2,1H3,(H,14,15). The van der Waals surface area contributed by atoms with Crippen LogP contribution in [0.5, 0.6) is 0 Å². The lowest BCUT2D eigenvalue weighted by molar-refractivity contribution is -0.116. The Morgan fingerprint density at radius 3 is 3.06 bits per heavy atom. The molecular formula is C13H17NOS. The SMILES string of the molecule is CCCCC1CC(=O)Nc2ccccc2S1. The first kappa shape index (κ1) is 11.5. The zero-order valence-electron chi connectivity index (χ0n) is 9.53. The summed E-state index contributed by atoms with van der Waals surface area (Å²) in [6.45, 7) is 2.19. The van der Waals surface area contributed by atoms with Crippen molar-refractivity contribution in [3.05, 3.63) is 24.3 Å². The number of para-hydroxylation sites is 1. The van der Waals surface area contributed by atoms with Gasteiger partial charge in [0.2, 0.25) is 5.91 Å². The third kappa shape index (κ3) is 2.79. The van der Waals surface area contributed by atoms with Crippen molar-refractivity contribution in [1.82, 2.24) is 0 Å². The molecule has 0 radical (unpaired) electrons. The molecule has 1 aliphatic heterocycles. The molecule has 1 aromatic rings. The molecule has 0 aromatic heterocycles. The molecule has 1 N–H and O–H groups in total. The molecule has 0 bridgehead atoms. The Morgan fingerprint density at radius 2 is 2.25 bits per heavy atom. The smallest absolute Gasteiger partial charge is 0.225 e. The number of fused-ring (bicyclic) bond motifs is 1. The summed E-state index contributed by atoms with van der Waals surface area (Å²) in [6.07, 6.45) is 4.16. The Morgan fingerprint density at radius 1 is 1.44 bits per heavy atom. The first-order valence-corrected chi connectivity index (χ1v) is 6.73. The van der Waals surface area contributed by atoms with Crippen LogP contribution in [-0.4, -0.2) is 11.2 Å². The maximum atomic E-state index is 11.7. The van der Waals surface area contributed by atoms with E-state index in [0.29, 0.717) is 11.7 Å². The summed E-state index contributed by atoms with van der Waals surface area (Å²) in [7, 11) is 0. The van der Waals surface area contributed by atoms with Gasteiger partial charge in [-0.15, -0.1) is 11.8 Å². The number of carbonyl (C=O) groups is 1. The number of hydrogen-bond donors (Lipinski definition) is 1. The minimum atomic E-state index is 0.151. The van der Waals surface area contributed by atoms with Crippen LogP contribution in [0, 0.1) is 0 Å². The van der Waals surface area contributed by atoms with Crippen LogP contribution in [0.1, 0.15) is 32.6 Å². The maximum Gasteiger partial charge on any atom is 0.225 e. The van der Waals surface area contributed by atoms with E-state index in [2.05, 4.69) is 18.3 Å². The summed E-state index contributed by atoms with van der Waals surface area (Å²) in [5.74, 6) is 0.151. The molecule has 0 saturated heterocycles. The van der Waals surface area contributed by atoms with Gasteiger partial charge in [0.15, 0.2) is 0 Å². The van der Waals surface area contributed by atoms with E-state index in [1.165, 1.54) is 17.7 Å². The zero-order chi connectivity index (χ0) is 11.4. The first-order chi connectivity index (χ1) is 7.79. The van der Waals surface area contributed by atoms with Crippen LogP contribution in [-0.2, 0) is 4.79 Å². The van der Waals surface area contributed by atoms with E-state index in [1.807, 2.05) is 30.0 Å². The fraction of sp³-hybridized carbons (Fsp3) is 0.462. The number of carbonyl (C=O) groups excluding carboxylic acids is 1. The molecule has 2 nitrogen and oxygen atoms in total. The van der Waals surface area contributed by atoms with Crippen molar-refractivity contribution in [2.24, 2.45) is 0 Å². The summed E-state index contributed by atoms with van der Waals surface area (Å²) in [4.78, 5) is 12.9. The lowest BCUT2D eigenvalue weighted by Gasteiger charge is -2.11. The molecule has 86 valence electrons. The van der Waals surface area contributed by atoms with E-state index in [1.54, 1.807) is 0 Å². The second-order valence-electron chi connectivity index (χ2n) is 4.13. The lowest BCUT2D eigenvalue weighted by atomic mass is 10.1. The molecule has 0 spiro atoms. The number of nitrogens with one attached hydrogen (secondary N) is 1. The summed E-state index contributed by atoms with van der Waals surface area (Å²) in [5.41, 5.74) is 0.969. The predicted molar refractivity (Wildman–Crippen MR) is 68.9 cm³/mol. The molecule has 1 aromatic carbocycles. The van der Waals surface area contributed by atoms with Crippen LogP contribution in [0.4, 0.5) is 5.69 Å². The molecule has 0 saturated carbocycles. The van der Waals surface area contributed by atoms with E-state index in [0.717, 1.165) is 12.1 Å². The van der Waals surface area contributed by atoms with Gasteiger partial charge in [0.05, 0.1) is 5.69 Å². The van der Waals surface area contributed by atoms with Gasteiger partial charge < -0.3 is 5.32 Å². The van der Waals surface area contributed by atoms with Crippen LogP contribution in [0.2, 0.25) is 0 Å². The van der Waals surface area contributed by atoms with Crippen molar-refractivity contribution in [2.75, 3.05) is 5.32 Å². The van der Waals surface area contributed by atoms with E-state index in [9.17, 15) is 4.79 Å². The van der Waals surface area contributed by atoms with Gasteiger partial charge in [0, 0.05) is 16.6 Å². The maximum absolute atomic E-state index is 11.7. The molecule has 0 fully saturated rings. The normalized spacial score (nSPS) is 19.8.